The van der Waals surface area contributed by atoms with E-state index < -0.39 is 0 Å². The van der Waals surface area contributed by atoms with Crippen LogP contribution in [-0.2, 0) is 6.61 Å². The molecule has 0 radical (unpaired) electrons. The van der Waals surface area contributed by atoms with Crippen molar-refractivity contribution in [3.63, 3.8) is 0 Å². The van der Waals surface area contributed by atoms with E-state index in [0.29, 0.717) is 11.6 Å². The first-order valence-corrected chi connectivity index (χ1v) is 6.12. The van der Waals surface area contributed by atoms with Crippen molar-refractivity contribution in [2.45, 2.75) is 19.6 Å². The molecular weight excluding hydrogens is 248 g/mol. The SMILES string of the molecule is C[C@@H](N)c1ccccc1OCc1ccncc1Cl. The molecule has 2 N–H and O–H groups in total. The molecule has 3 nitrogen and oxygen atoms in total. The zero-order valence-corrected chi connectivity index (χ0v) is 10.9. The maximum Gasteiger partial charge on any atom is 0.124 e. The van der Waals surface area contributed by atoms with Crippen molar-refractivity contribution in [2.75, 3.05) is 0 Å². The number of rotatable bonds is 4. The van der Waals surface area contributed by atoms with Crippen LogP contribution in [-0.4, -0.2) is 4.98 Å². The Bertz CT molecular complexity index is 529. The van der Waals surface area contributed by atoms with Gasteiger partial charge in [0.2, 0.25) is 0 Å². The lowest BCUT2D eigenvalue weighted by Crippen LogP contribution is -2.08. The van der Waals surface area contributed by atoms with Gasteiger partial charge >= 0.3 is 0 Å². The molecule has 2 rings (SSSR count). The highest BCUT2D eigenvalue weighted by Gasteiger charge is 2.08. The smallest absolute Gasteiger partial charge is 0.124 e. The van der Waals surface area contributed by atoms with Crippen LogP contribution in [0.2, 0.25) is 5.02 Å². The molecule has 1 atom stereocenters. The first-order valence-electron chi connectivity index (χ1n) is 5.74. The molecule has 4 heteroatoms. The molecule has 94 valence electrons. The Labute approximate surface area is 112 Å². The van der Waals surface area contributed by atoms with E-state index in [0.717, 1.165) is 16.9 Å². The molecule has 0 bridgehead atoms. The van der Waals surface area contributed by atoms with Gasteiger partial charge in [0.1, 0.15) is 12.4 Å². The average molecular weight is 263 g/mol. The van der Waals surface area contributed by atoms with Gasteiger partial charge in [-0.3, -0.25) is 4.98 Å². The van der Waals surface area contributed by atoms with Gasteiger partial charge in [-0.1, -0.05) is 29.8 Å². The van der Waals surface area contributed by atoms with Crippen LogP contribution in [0.3, 0.4) is 0 Å². The maximum atomic E-state index is 6.03. The van der Waals surface area contributed by atoms with Crippen molar-refractivity contribution >= 4 is 11.6 Å². The lowest BCUT2D eigenvalue weighted by atomic mass is 10.1. The molecular formula is C14H15ClN2O. The van der Waals surface area contributed by atoms with Gasteiger partial charge in [-0.15, -0.1) is 0 Å². The Morgan fingerprint density at radius 3 is 2.83 bits per heavy atom. The quantitative estimate of drug-likeness (QED) is 0.919. The standard InChI is InChI=1S/C14H15ClN2O/c1-10(16)12-4-2-3-5-14(12)18-9-11-6-7-17-8-13(11)15/h2-8,10H,9,16H2,1H3/t10-/m1/s1. The summed E-state index contributed by atoms with van der Waals surface area (Å²) < 4.78 is 5.77. The minimum absolute atomic E-state index is 0.0610. The van der Waals surface area contributed by atoms with Gasteiger partial charge in [0.05, 0.1) is 5.02 Å². The van der Waals surface area contributed by atoms with Crippen LogP contribution in [0.1, 0.15) is 24.1 Å². The molecule has 0 spiro atoms. The van der Waals surface area contributed by atoms with Crippen LogP contribution in [0, 0.1) is 0 Å². The third-order valence-electron chi connectivity index (χ3n) is 2.65. The summed E-state index contributed by atoms with van der Waals surface area (Å²) in [5.41, 5.74) is 7.79. The highest BCUT2D eigenvalue weighted by atomic mass is 35.5. The molecule has 0 aliphatic rings. The van der Waals surface area contributed by atoms with Crippen LogP contribution in [0.5, 0.6) is 5.75 Å². The highest BCUT2D eigenvalue weighted by molar-refractivity contribution is 6.31. The van der Waals surface area contributed by atoms with E-state index in [2.05, 4.69) is 4.98 Å². The maximum absolute atomic E-state index is 6.03. The summed E-state index contributed by atoms with van der Waals surface area (Å²) in [6, 6.07) is 9.54. The zero-order valence-electron chi connectivity index (χ0n) is 10.1. The Kier molecular flexibility index (Phi) is 4.18. The molecule has 1 aromatic heterocycles. The van der Waals surface area contributed by atoms with Crippen LogP contribution in [0.4, 0.5) is 0 Å². The van der Waals surface area contributed by atoms with Crippen LogP contribution in [0.15, 0.2) is 42.7 Å². The van der Waals surface area contributed by atoms with E-state index in [1.54, 1.807) is 12.4 Å². The van der Waals surface area contributed by atoms with Gasteiger partial charge in [0, 0.05) is 29.6 Å². The number of hydrogen-bond acceptors (Lipinski definition) is 3. The molecule has 0 unspecified atom stereocenters. The second-order valence-electron chi connectivity index (χ2n) is 4.08. The van der Waals surface area contributed by atoms with Gasteiger partial charge in [0.25, 0.3) is 0 Å². The van der Waals surface area contributed by atoms with Crippen molar-refractivity contribution in [2.24, 2.45) is 5.73 Å². The third-order valence-corrected chi connectivity index (χ3v) is 2.99. The first kappa shape index (κ1) is 12.9. The second-order valence-corrected chi connectivity index (χ2v) is 4.49. The minimum atomic E-state index is -0.0610. The van der Waals surface area contributed by atoms with E-state index >= 15 is 0 Å². The van der Waals surface area contributed by atoms with Crippen LogP contribution in [0.25, 0.3) is 0 Å². The molecule has 0 aliphatic carbocycles. The molecule has 1 aromatic carbocycles. The summed E-state index contributed by atoms with van der Waals surface area (Å²) in [6.07, 6.45) is 3.31. The number of hydrogen-bond donors (Lipinski definition) is 1. The number of pyridine rings is 1. The van der Waals surface area contributed by atoms with Gasteiger partial charge < -0.3 is 10.5 Å². The number of nitrogens with zero attached hydrogens (tertiary/aromatic N) is 1. The van der Waals surface area contributed by atoms with Crippen molar-refractivity contribution in [1.82, 2.24) is 4.98 Å². The fourth-order valence-electron chi connectivity index (χ4n) is 1.66. The van der Waals surface area contributed by atoms with Gasteiger partial charge in [-0.2, -0.15) is 0 Å². The topological polar surface area (TPSA) is 48.1 Å². The number of ether oxygens (including phenoxy) is 1. The van der Waals surface area contributed by atoms with Gasteiger partial charge in [-0.05, 0) is 19.1 Å². The zero-order chi connectivity index (χ0) is 13.0. The summed E-state index contributed by atoms with van der Waals surface area (Å²) in [5.74, 6) is 0.792. The number of aromatic nitrogens is 1. The molecule has 0 saturated heterocycles. The predicted octanol–water partition coefficient (Wildman–Crippen LogP) is 3.33. The number of benzene rings is 1. The Morgan fingerprint density at radius 2 is 2.11 bits per heavy atom. The Morgan fingerprint density at radius 1 is 1.33 bits per heavy atom. The van der Waals surface area contributed by atoms with E-state index in [1.165, 1.54) is 0 Å². The van der Waals surface area contributed by atoms with E-state index in [4.69, 9.17) is 22.1 Å². The van der Waals surface area contributed by atoms with Gasteiger partial charge in [0.15, 0.2) is 0 Å². The summed E-state index contributed by atoms with van der Waals surface area (Å²) in [5, 5.41) is 0.607. The summed E-state index contributed by atoms with van der Waals surface area (Å²) >= 11 is 6.03. The Balaban J connectivity index is 2.14. The molecule has 2 aromatic rings. The summed E-state index contributed by atoms with van der Waals surface area (Å²) in [7, 11) is 0. The number of para-hydroxylation sites is 1. The third kappa shape index (κ3) is 3.00. The van der Waals surface area contributed by atoms with Crippen molar-refractivity contribution < 1.29 is 4.74 Å². The van der Waals surface area contributed by atoms with E-state index in [-0.39, 0.29) is 6.04 Å². The average Bonchev–Trinajstić information content (AvgIpc) is 2.38. The van der Waals surface area contributed by atoms with E-state index in [9.17, 15) is 0 Å². The van der Waals surface area contributed by atoms with Crippen LogP contribution >= 0.6 is 11.6 Å². The summed E-state index contributed by atoms with van der Waals surface area (Å²) in [6.45, 7) is 2.34. The fourth-order valence-corrected chi connectivity index (χ4v) is 1.84. The normalized spacial score (nSPS) is 12.2. The molecule has 0 aliphatic heterocycles. The molecule has 18 heavy (non-hydrogen) atoms. The monoisotopic (exact) mass is 262 g/mol. The molecule has 1 heterocycles. The van der Waals surface area contributed by atoms with Crippen molar-refractivity contribution in [3.05, 3.63) is 58.9 Å². The lowest BCUT2D eigenvalue weighted by Gasteiger charge is -2.14. The minimum Gasteiger partial charge on any atom is -0.489 e. The Hall–Kier alpha value is -1.58. The largest absolute Gasteiger partial charge is 0.489 e. The number of nitrogens with two attached hydrogens (primary N) is 1. The lowest BCUT2D eigenvalue weighted by molar-refractivity contribution is 0.301. The predicted molar refractivity (Wildman–Crippen MR) is 72.6 cm³/mol. The highest BCUT2D eigenvalue weighted by Crippen LogP contribution is 2.25. The first-order chi connectivity index (χ1) is 8.68. The van der Waals surface area contributed by atoms with E-state index in [1.807, 2.05) is 37.3 Å². The van der Waals surface area contributed by atoms with Crippen LogP contribution < -0.4 is 10.5 Å². The molecule has 0 amide bonds. The van der Waals surface area contributed by atoms with Crippen molar-refractivity contribution in [3.8, 4) is 5.75 Å². The number of halogens is 1. The van der Waals surface area contributed by atoms with Gasteiger partial charge in [-0.25, -0.2) is 0 Å². The molecule has 0 saturated carbocycles. The molecule has 0 fully saturated rings. The van der Waals surface area contributed by atoms with Crippen molar-refractivity contribution in [1.29, 1.82) is 0 Å². The fraction of sp³-hybridized carbons (Fsp3) is 0.214. The summed E-state index contributed by atoms with van der Waals surface area (Å²) in [4.78, 5) is 3.94. The second kappa shape index (κ2) is 5.85.